The van der Waals surface area contributed by atoms with E-state index in [9.17, 15) is 4.79 Å². The molecule has 0 unspecified atom stereocenters. The number of benzene rings is 1. The number of rotatable bonds is 3. The van der Waals surface area contributed by atoms with Gasteiger partial charge in [-0.15, -0.1) is 0 Å². The number of methoxy groups -OCH3 is 1. The molecule has 1 rings (SSSR count). The number of ketones is 1. The van der Waals surface area contributed by atoms with E-state index in [-0.39, 0.29) is 5.78 Å². The van der Waals surface area contributed by atoms with Crippen LogP contribution >= 0.6 is 0 Å². The van der Waals surface area contributed by atoms with E-state index in [1.54, 1.807) is 26.2 Å². The van der Waals surface area contributed by atoms with E-state index in [2.05, 4.69) is 0 Å². The lowest BCUT2D eigenvalue weighted by molar-refractivity contribution is 0.104. The molecule has 0 N–H and O–H groups in total. The predicted octanol–water partition coefficient (Wildman–Crippen LogP) is 2.42. The lowest BCUT2D eigenvalue weighted by Crippen LogP contribution is -1.95. The quantitative estimate of drug-likeness (QED) is 0.401. The molecule has 0 spiro atoms. The number of hydrogen-bond acceptors (Lipinski definition) is 2. The zero-order chi connectivity index (χ0) is 9.68. The number of ether oxygens (including phenoxy) is 1. The molecular weight excluding hydrogens is 164 g/mol. The summed E-state index contributed by atoms with van der Waals surface area (Å²) >= 11 is 0. The number of hydrogen-bond donors (Lipinski definition) is 0. The first-order chi connectivity index (χ1) is 6.24. The third-order valence-corrected chi connectivity index (χ3v) is 1.71. The Bertz CT molecular complexity index is 312. The Morgan fingerprint density at radius 1 is 1.31 bits per heavy atom. The van der Waals surface area contributed by atoms with Crippen LogP contribution < -0.4 is 0 Å². The van der Waals surface area contributed by atoms with Gasteiger partial charge >= 0.3 is 0 Å². The van der Waals surface area contributed by atoms with Crippen LogP contribution in [-0.4, -0.2) is 12.9 Å². The Hall–Kier alpha value is -1.57. The first kappa shape index (κ1) is 9.52. The molecule has 0 aliphatic carbocycles. The molecule has 0 aliphatic rings. The normalized spacial score (nSPS) is 11.1. The zero-order valence-corrected chi connectivity index (χ0v) is 7.78. The molecule has 13 heavy (non-hydrogen) atoms. The molecule has 0 amide bonds. The third kappa shape index (κ3) is 2.75. The highest BCUT2D eigenvalue weighted by molar-refractivity contribution is 6.04. The van der Waals surface area contributed by atoms with Crippen LogP contribution in [-0.2, 0) is 4.74 Å². The highest BCUT2D eigenvalue weighted by Crippen LogP contribution is 2.03. The van der Waals surface area contributed by atoms with Gasteiger partial charge in [-0.25, -0.2) is 0 Å². The van der Waals surface area contributed by atoms with E-state index in [0.717, 1.165) is 0 Å². The van der Waals surface area contributed by atoms with Gasteiger partial charge in [0.2, 0.25) is 0 Å². The third-order valence-electron chi connectivity index (χ3n) is 1.71. The van der Waals surface area contributed by atoms with Crippen LogP contribution in [0.5, 0.6) is 0 Å². The summed E-state index contributed by atoms with van der Waals surface area (Å²) in [5.41, 5.74) is 0.680. The Morgan fingerprint density at radius 3 is 2.46 bits per heavy atom. The molecule has 1 aromatic rings. The molecule has 0 bridgehead atoms. The van der Waals surface area contributed by atoms with E-state index >= 15 is 0 Å². The van der Waals surface area contributed by atoms with Crippen molar-refractivity contribution in [1.82, 2.24) is 0 Å². The first-order valence-electron chi connectivity index (χ1n) is 4.05. The maximum atomic E-state index is 11.5. The van der Waals surface area contributed by atoms with Crippen LogP contribution in [0.25, 0.3) is 0 Å². The molecule has 1 aromatic carbocycles. The van der Waals surface area contributed by atoms with Crippen molar-refractivity contribution < 1.29 is 9.53 Å². The Morgan fingerprint density at radius 2 is 1.92 bits per heavy atom. The second kappa shape index (κ2) is 4.45. The van der Waals surface area contributed by atoms with Gasteiger partial charge in [-0.3, -0.25) is 4.79 Å². The molecule has 0 heterocycles. The van der Waals surface area contributed by atoms with Crippen molar-refractivity contribution in [2.24, 2.45) is 0 Å². The number of carbonyl (C=O) groups is 1. The largest absolute Gasteiger partial charge is 0.501 e. The van der Waals surface area contributed by atoms with Crippen molar-refractivity contribution in [3.05, 3.63) is 47.7 Å². The van der Waals surface area contributed by atoms with Gasteiger partial charge in [0.05, 0.1) is 12.9 Å². The molecule has 0 aromatic heterocycles. The van der Waals surface area contributed by atoms with E-state index in [0.29, 0.717) is 11.3 Å². The fraction of sp³-hybridized carbons (Fsp3) is 0.182. The van der Waals surface area contributed by atoms with Crippen LogP contribution in [0.1, 0.15) is 17.3 Å². The topological polar surface area (TPSA) is 26.3 Å². The molecule has 0 saturated heterocycles. The summed E-state index contributed by atoms with van der Waals surface area (Å²) < 4.78 is 4.88. The summed E-state index contributed by atoms with van der Waals surface area (Å²) in [4.78, 5) is 11.5. The molecule has 2 heteroatoms. The number of carbonyl (C=O) groups excluding carboxylic acids is 1. The molecule has 0 radical (unpaired) electrons. The minimum Gasteiger partial charge on any atom is -0.501 e. The van der Waals surface area contributed by atoms with Gasteiger partial charge < -0.3 is 4.74 Å². The van der Waals surface area contributed by atoms with Gasteiger partial charge in [0.15, 0.2) is 5.78 Å². The molecule has 0 fully saturated rings. The van der Waals surface area contributed by atoms with E-state index < -0.39 is 0 Å². The van der Waals surface area contributed by atoms with Gasteiger partial charge in [0, 0.05) is 11.6 Å². The first-order valence-corrected chi connectivity index (χ1v) is 4.05. The smallest absolute Gasteiger partial charge is 0.189 e. The maximum absolute atomic E-state index is 11.5. The second-order valence-corrected chi connectivity index (χ2v) is 2.69. The average Bonchev–Trinajstić information content (AvgIpc) is 2.19. The van der Waals surface area contributed by atoms with Crippen molar-refractivity contribution in [2.45, 2.75) is 6.92 Å². The highest BCUT2D eigenvalue weighted by atomic mass is 16.5. The fourth-order valence-electron chi connectivity index (χ4n) is 0.929. The lowest BCUT2D eigenvalue weighted by Gasteiger charge is -1.98. The van der Waals surface area contributed by atoms with Crippen LogP contribution in [0.4, 0.5) is 0 Å². The number of allylic oxidation sites excluding steroid dienone is 2. The summed E-state index contributed by atoms with van der Waals surface area (Å²) in [5, 5.41) is 0. The minimum absolute atomic E-state index is 0.0278. The summed E-state index contributed by atoms with van der Waals surface area (Å²) in [7, 11) is 1.55. The Balaban J connectivity index is 2.81. The van der Waals surface area contributed by atoms with Crippen LogP contribution in [0, 0.1) is 0 Å². The summed E-state index contributed by atoms with van der Waals surface area (Å²) in [6, 6.07) is 9.11. The maximum Gasteiger partial charge on any atom is 0.189 e. The predicted molar refractivity (Wildman–Crippen MR) is 51.5 cm³/mol. The highest BCUT2D eigenvalue weighted by Gasteiger charge is 2.00. The molecule has 0 atom stereocenters. The van der Waals surface area contributed by atoms with Crippen molar-refractivity contribution >= 4 is 5.78 Å². The van der Waals surface area contributed by atoms with Crippen molar-refractivity contribution in [1.29, 1.82) is 0 Å². The standard InChI is InChI=1S/C11H12O2/c1-9(13-2)8-11(12)10-6-4-3-5-7-10/h3-8H,1-2H3. The van der Waals surface area contributed by atoms with Crippen molar-refractivity contribution in [3.8, 4) is 0 Å². The molecular formula is C11H12O2. The zero-order valence-electron chi connectivity index (χ0n) is 7.78. The molecule has 0 saturated carbocycles. The SMILES string of the molecule is COC(C)=CC(=O)c1ccccc1. The van der Waals surface area contributed by atoms with Crippen LogP contribution in [0.15, 0.2) is 42.2 Å². The van der Waals surface area contributed by atoms with Gasteiger partial charge in [-0.2, -0.15) is 0 Å². The van der Waals surface area contributed by atoms with Gasteiger partial charge in [-0.05, 0) is 6.92 Å². The molecule has 68 valence electrons. The van der Waals surface area contributed by atoms with Crippen LogP contribution in [0.3, 0.4) is 0 Å². The fourth-order valence-corrected chi connectivity index (χ4v) is 0.929. The lowest BCUT2D eigenvalue weighted by atomic mass is 10.1. The molecule has 2 nitrogen and oxygen atoms in total. The van der Waals surface area contributed by atoms with Gasteiger partial charge in [-0.1, -0.05) is 30.3 Å². The van der Waals surface area contributed by atoms with E-state index in [1.807, 2.05) is 18.2 Å². The van der Waals surface area contributed by atoms with E-state index in [1.165, 1.54) is 6.08 Å². The summed E-state index contributed by atoms with van der Waals surface area (Å²) in [6.45, 7) is 1.75. The Labute approximate surface area is 77.8 Å². The molecule has 0 aliphatic heterocycles. The monoisotopic (exact) mass is 176 g/mol. The van der Waals surface area contributed by atoms with Crippen molar-refractivity contribution in [3.63, 3.8) is 0 Å². The summed E-state index contributed by atoms with van der Waals surface area (Å²) in [6.07, 6.45) is 1.48. The van der Waals surface area contributed by atoms with Crippen molar-refractivity contribution in [2.75, 3.05) is 7.11 Å². The minimum atomic E-state index is -0.0278. The van der Waals surface area contributed by atoms with E-state index in [4.69, 9.17) is 4.74 Å². The second-order valence-electron chi connectivity index (χ2n) is 2.69. The van der Waals surface area contributed by atoms with Gasteiger partial charge in [0.25, 0.3) is 0 Å². The van der Waals surface area contributed by atoms with Crippen LogP contribution in [0.2, 0.25) is 0 Å². The Kier molecular flexibility index (Phi) is 3.26. The van der Waals surface area contributed by atoms with Gasteiger partial charge in [0.1, 0.15) is 0 Å². The summed E-state index contributed by atoms with van der Waals surface area (Å²) in [5.74, 6) is 0.591. The average molecular weight is 176 g/mol.